The molecule has 1 aromatic rings. The molecule has 0 saturated carbocycles. The highest BCUT2D eigenvalue weighted by Crippen LogP contribution is 2.39. The van der Waals surface area contributed by atoms with E-state index in [0.29, 0.717) is 18.6 Å². The van der Waals surface area contributed by atoms with E-state index in [1.54, 1.807) is 0 Å². The number of carbonyl (C=O) groups excluding carboxylic acids is 1. The molecule has 0 atom stereocenters. The Hall–Kier alpha value is -1.51. The molecule has 0 saturated heterocycles. The number of phenols is 1. The van der Waals surface area contributed by atoms with Crippen molar-refractivity contribution in [1.82, 2.24) is 5.32 Å². The summed E-state index contributed by atoms with van der Waals surface area (Å²) in [6.07, 6.45) is 1.13. The molecule has 0 unspecified atom stereocenters. The average molecular weight is 334 g/mol. The summed E-state index contributed by atoms with van der Waals surface area (Å²) in [7, 11) is 0. The molecule has 0 aliphatic heterocycles. The first kappa shape index (κ1) is 20.5. The first-order chi connectivity index (χ1) is 10.6. The maximum absolute atomic E-state index is 12.1. The lowest BCUT2D eigenvalue weighted by Gasteiger charge is -2.28. The molecular weight excluding hydrogens is 298 g/mol. The predicted octanol–water partition coefficient (Wildman–Crippen LogP) is 4.83. The van der Waals surface area contributed by atoms with Gasteiger partial charge < -0.3 is 10.4 Å². The van der Waals surface area contributed by atoms with E-state index in [-0.39, 0.29) is 22.3 Å². The number of amides is 1. The SMILES string of the molecule is CC(C)(C)NC(=O)CCc1cc(C(C)(C)C)c(O)c(C(C)(C)C)c1. The van der Waals surface area contributed by atoms with Crippen molar-refractivity contribution in [2.24, 2.45) is 0 Å². The van der Waals surface area contributed by atoms with Gasteiger partial charge in [0.25, 0.3) is 0 Å². The molecule has 0 fully saturated rings. The van der Waals surface area contributed by atoms with Crippen molar-refractivity contribution >= 4 is 5.91 Å². The van der Waals surface area contributed by atoms with Gasteiger partial charge in [-0.15, -0.1) is 0 Å². The zero-order valence-corrected chi connectivity index (χ0v) is 16.9. The number of benzene rings is 1. The van der Waals surface area contributed by atoms with E-state index in [0.717, 1.165) is 16.7 Å². The molecule has 0 spiro atoms. The molecule has 0 aliphatic carbocycles. The molecule has 0 bridgehead atoms. The molecule has 0 heterocycles. The van der Waals surface area contributed by atoms with Crippen LogP contribution in [-0.2, 0) is 22.0 Å². The molecule has 3 heteroatoms. The first-order valence-electron chi connectivity index (χ1n) is 8.79. The second-order valence-electron chi connectivity index (χ2n) is 9.84. The largest absolute Gasteiger partial charge is 0.507 e. The minimum atomic E-state index is -0.209. The van der Waals surface area contributed by atoms with E-state index in [9.17, 15) is 9.90 Å². The van der Waals surface area contributed by atoms with E-state index in [4.69, 9.17) is 0 Å². The minimum absolute atomic E-state index is 0.0604. The quantitative estimate of drug-likeness (QED) is 0.832. The van der Waals surface area contributed by atoms with E-state index in [1.165, 1.54) is 0 Å². The van der Waals surface area contributed by atoms with Gasteiger partial charge in [0.05, 0.1) is 0 Å². The smallest absolute Gasteiger partial charge is 0.220 e. The highest BCUT2D eigenvalue weighted by molar-refractivity contribution is 5.77. The Morgan fingerprint density at radius 1 is 0.917 bits per heavy atom. The van der Waals surface area contributed by atoms with Crippen LogP contribution in [0.3, 0.4) is 0 Å². The average Bonchev–Trinajstić information content (AvgIpc) is 2.32. The van der Waals surface area contributed by atoms with Crippen molar-refractivity contribution < 1.29 is 9.90 Å². The van der Waals surface area contributed by atoms with Crippen LogP contribution in [-0.4, -0.2) is 16.6 Å². The molecule has 1 aromatic carbocycles. The topological polar surface area (TPSA) is 49.3 Å². The zero-order valence-electron chi connectivity index (χ0n) is 16.9. The van der Waals surface area contributed by atoms with Crippen molar-refractivity contribution in [3.63, 3.8) is 0 Å². The van der Waals surface area contributed by atoms with Crippen LogP contribution in [0.4, 0.5) is 0 Å². The lowest BCUT2D eigenvalue weighted by molar-refractivity contribution is -0.122. The second kappa shape index (κ2) is 6.78. The number of phenolic OH excluding ortho intramolecular Hbond substituents is 1. The summed E-state index contributed by atoms with van der Waals surface area (Å²) in [5.41, 5.74) is 2.50. The van der Waals surface area contributed by atoms with Gasteiger partial charge in [-0.25, -0.2) is 0 Å². The molecule has 3 nitrogen and oxygen atoms in total. The third-order valence-corrected chi connectivity index (χ3v) is 3.94. The second-order valence-corrected chi connectivity index (χ2v) is 9.84. The van der Waals surface area contributed by atoms with Crippen LogP contribution in [0.2, 0.25) is 0 Å². The monoisotopic (exact) mass is 333 g/mol. The van der Waals surface area contributed by atoms with Gasteiger partial charge in [0.2, 0.25) is 5.91 Å². The van der Waals surface area contributed by atoms with Gasteiger partial charge in [-0.05, 0) is 54.7 Å². The molecule has 1 rings (SSSR count). The number of rotatable bonds is 3. The molecule has 1 amide bonds. The maximum Gasteiger partial charge on any atom is 0.220 e. The zero-order chi connectivity index (χ0) is 18.9. The maximum atomic E-state index is 12.1. The summed E-state index contributed by atoms with van der Waals surface area (Å²) in [6, 6.07) is 4.10. The van der Waals surface area contributed by atoms with Crippen LogP contribution >= 0.6 is 0 Å². The Morgan fingerprint density at radius 3 is 1.67 bits per heavy atom. The Balaban J connectivity index is 3.14. The number of hydrogen-bond donors (Lipinski definition) is 2. The van der Waals surface area contributed by atoms with Gasteiger partial charge in [-0.1, -0.05) is 53.7 Å². The number of aromatic hydroxyl groups is 1. The Bertz CT molecular complexity index is 561. The highest BCUT2D eigenvalue weighted by Gasteiger charge is 2.26. The van der Waals surface area contributed by atoms with Crippen LogP contribution in [0.1, 0.15) is 85.4 Å². The van der Waals surface area contributed by atoms with Crippen molar-refractivity contribution in [2.75, 3.05) is 0 Å². The standard InChI is InChI=1S/C21H35NO2/c1-19(2,3)15-12-14(10-11-17(23)22-21(7,8)9)13-16(18(15)24)20(4,5)6/h12-13,24H,10-11H2,1-9H3,(H,22,23). The summed E-state index contributed by atoms with van der Waals surface area (Å²) >= 11 is 0. The van der Waals surface area contributed by atoms with Crippen LogP contribution < -0.4 is 5.32 Å². The fraction of sp³-hybridized carbons (Fsp3) is 0.667. The summed E-state index contributed by atoms with van der Waals surface area (Å²) in [4.78, 5) is 12.1. The molecule has 0 aromatic heterocycles. The van der Waals surface area contributed by atoms with Crippen molar-refractivity contribution in [3.8, 4) is 5.75 Å². The summed E-state index contributed by atoms with van der Waals surface area (Å²) < 4.78 is 0. The summed E-state index contributed by atoms with van der Waals surface area (Å²) in [5.74, 6) is 0.447. The third-order valence-electron chi connectivity index (χ3n) is 3.94. The Labute approximate surface area is 147 Å². The molecule has 24 heavy (non-hydrogen) atoms. The van der Waals surface area contributed by atoms with Gasteiger partial charge in [-0.3, -0.25) is 4.79 Å². The van der Waals surface area contributed by atoms with Gasteiger partial charge >= 0.3 is 0 Å². The molecule has 0 radical (unpaired) electrons. The number of hydrogen-bond acceptors (Lipinski definition) is 2. The third kappa shape index (κ3) is 5.85. The number of aryl methyl sites for hydroxylation is 1. The molecule has 0 aliphatic rings. The molecular formula is C21H35NO2. The lowest BCUT2D eigenvalue weighted by Crippen LogP contribution is -2.40. The minimum Gasteiger partial charge on any atom is -0.507 e. The Kier molecular flexibility index (Phi) is 5.80. The number of nitrogens with one attached hydrogen (secondary N) is 1. The fourth-order valence-electron chi connectivity index (χ4n) is 2.72. The number of carbonyl (C=O) groups is 1. The highest BCUT2D eigenvalue weighted by atomic mass is 16.3. The predicted molar refractivity (Wildman–Crippen MR) is 102 cm³/mol. The van der Waals surface area contributed by atoms with Gasteiger partial charge in [0, 0.05) is 12.0 Å². The van der Waals surface area contributed by atoms with E-state index in [2.05, 4.69) is 59.0 Å². The van der Waals surface area contributed by atoms with E-state index in [1.807, 2.05) is 20.8 Å². The lowest BCUT2D eigenvalue weighted by atomic mass is 9.78. The van der Waals surface area contributed by atoms with Crippen molar-refractivity contribution in [1.29, 1.82) is 0 Å². The van der Waals surface area contributed by atoms with Crippen LogP contribution in [0.25, 0.3) is 0 Å². The van der Waals surface area contributed by atoms with Crippen LogP contribution in [0.5, 0.6) is 5.75 Å². The van der Waals surface area contributed by atoms with Gasteiger partial charge in [-0.2, -0.15) is 0 Å². The van der Waals surface area contributed by atoms with Gasteiger partial charge in [0.15, 0.2) is 0 Å². The van der Waals surface area contributed by atoms with E-state index < -0.39 is 0 Å². The summed E-state index contributed by atoms with van der Waals surface area (Å²) in [5, 5.41) is 13.7. The van der Waals surface area contributed by atoms with Crippen molar-refractivity contribution in [3.05, 3.63) is 28.8 Å². The van der Waals surface area contributed by atoms with Crippen LogP contribution in [0, 0.1) is 0 Å². The molecule has 136 valence electrons. The van der Waals surface area contributed by atoms with E-state index >= 15 is 0 Å². The Morgan fingerprint density at radius 2 is 1.33 bits per heavy atom. The van der Waals surface area contributed by atoms with Crippen molar-refractivity contribution in [2.45, 2.75) is 91.5 Å². The summed E-state index contributed by atoms with van der Waals surface area (Å²) in [6.45, 7) is 18.6. The normalized spacial score (nSPS) is 13.0. The fourth-order valence-corrected chi connectivity index (χ4v) is 2.72. The first-order valence-corrected chi connectivity index (χ1v) is 8.79. The molecule has 2 N–H and O–H groups in total. The van der Waals surface area contributed by atoms with Gasteiger partial charge in [0.1, 0.15) is 5.75 Å². The van der Waals surface area contributed by atoms with Crippen LogP contribution in [0.15, 0.2) is 12.1 Å².